The Morgan fingerprint density at radius 3 is 3.10 bits per heavy atom. The molecule has 0 saturated heterocycles. The van der Waals surface area contributed by atoms with E-state index in [1.807, 2.05) is 0 Å². The lowest BCUT2D eigenvalue weighted by atomic mass is 10.4. The Labute approximate surface area is 58.2 Å². The minimum Gasteiger partial charge on any atom is -0.359 e. The number of amides is 1. The van der Waals surface area contributed by atoms with Crippen LogP contribution in [0.4, 0.5) is 0 Å². The van der Waals surface area contributed by atoms with Gasteiger partial charge in [-0.3, -0.25) is 4.79 Å². The van der Waals surface area contributed by atoms with Crippen molar-refractivity contribution in [3.05, 3.63) is 0 Å². The summed E-state index contributed by atoms with van der Waals surface area (Å²) in [5.74, 6) is 0.430. The topological polar surface area (TPSA) is 66.2 Å². The Morgan fingerprint density at radius 1 is 1.80 bits per heavy atom. The monoisotopic (exact) mass is 140 g/mol. The van der Waals surface area contributed by atoms with Crippen molar-refractivity contribution in [3.8, 4) is 0 Å². The lowest BCUT2D eigenvalue weighted by Crippen LogP contribution is -2.19. The van der Waals surface area contributed by atoms with E-state index in [4.69, 9.17) is 0 Å². The Bertz CT molecular complexity index is 196. The second kappa shape index (κ2) is 3.05. The fourth-order valence-electron chi connectivity index (χ4n) is 0.581. The van der Waals surface area contributed by atoms with E-state index in [2.05, 4.69) is 20.5 Å². The first-order valence-electron chi connectivity index (χ1n) is 2.94. The maximum atomic E-state index is 10.7. The number of amidine groups is 1. The van der Waals surface area contributed by atoms with Crippen LogP contribution in [0.5, 0.6) is 0 Å². The van der Waals surface area contributed by atoms with Crippen molar-refractivity contribution in [2.45, 2.75) is 6.42 Å². The molecule has 1 amide bonds. The Morgan fingerprint density at radius 2 is 2.60 bits per heavy atom. The van der Waals surface area contributed by atoms with Gasteiger partial charge in [0.15, 0.2) is 12.5 Å². The summed E-state index contributed by atoms with van der Waals surface area (Å²) in [6.07, 6.45) is 0.236. The molecule has 1 heterocycles. The minimum atomic E-state index is -0.0837. The first-order valence-corrected chi connectivity index (χ1v) is 2.94. The van der Waals surface area contributed by atoms with E-state index in [0.29, 0.717) is 12.5 Å². The molecule has 1 N–H and O–H groups in total. The highest BCUT2D eigenvalue weighted by Gasteiger charge is 2.06. The van der Waals surface area contributed by atoms with Gasteiger partial charge in [0, 0.05) is 7.05 Å². The highest BCUT2D eigenvalue weighted by Crippen LogP contribution is 1.97. The summed E-state index contributed by atoms with van der Waals surface area (Å²) in [5.41, 5.74) is 0. The van der Waals surface area contributed by atoms with Gasteiger partial charge in [0.1, 0.15) is 0 Å². The first kappa shape index (κ1) is 6.85. The van der Waals surface area contributed by atoms with Crippen LogP contribution in [0.1, 0.15) is 6.42 Å². The molecular weight excluding hydrogens is 132 g/mol. The van der Waals surface area contributed by atoms with Crippen LogP contribution in [-0.2, 0) is 4.79 Å². The average molecular weight is 140 g/mol. The highest BCUT2D eigenvalue weighted by molar-refractivity contribution is 6.00. The van der Waals surface area contributed by atoms with E-state index in [1.54, 1.807) is 7.05 Å². The fraction of sp³-hybridized carbons (Fsp3) is 0.600. The van der Waals surface area contributed by atoms with Crippen LogP contribution in [0.25, 0.3) is 0 Å². The maximum Gasteiger partial charge on any atom is 0.227 e. The van der Waals surface area contributed by atoms with Gasteiger partial charge in [0.25, 0.3) is 0 Å². The number of nitrogens with zero attached hydrogens (tertiary/aromatic N) is 3. The van der Waals surface area contributed by atoms with Gasteiger partial charge in [0.05, 0.1) is 6.42 Å². The standard InChI is InChI=1S/C5H8N4O/c1-6-5(10)2-4-7-3-8-9-4/h2-3H2,1H3,(H,6,10). The summed E-state index contributed by atoms with van der Waals surface area (Å²) < 4.78 is 0. The number of aliphatic imine (C=N–C) groups is 1. The maximum absolute atomic E-state index is 10.7. The number of carbonyl (C=O) groups is 1. The molecule has 0 radical (unpaired) electrons. The van der Waals surface area contributed by atoms with E-state index >= 15 is 0 Å². The zero-order chi connectivity index (χ0) is 7.40. The molecule has 1 aliphatic rings. The van der Waals surface area contributed by atoms with Crippen LogP contribution in [-0.4, -0.2) is 25.5 Å². The van der Waals surface area contributed by atoms with Gasteiger partial charge in [-0.15, -0.1) is 5.11 Å². The van der Waals surface area contributed by atoms with Crippen molar-refractivity contribution in [3.63, 3.8) is 0 Å². The van der Waals surface area contributed by atoms with Gasteiger partial charge in [-0.05, 0) is 0 Å². The molecule has 0 unspecified atom stereocenters. The number of hydrogen-bond acceptors (Lipinski definition) is 4. The van der Waals surface area contributed by atoms with Gasteiger partial charge < -0.3 is 5.32 Å². The molecule has 1 aliphatic heterocycles. The molecule has 0 spiro atoms. The molecule has 0 aromatic heterocycles. The summed E-state index contributed by atoms with van der Waals surface area (Å²) in [4.78, 5) is 14.5. The molecule has 0 aromatic carbocycles. The van der Waals surface area contributed by atoms with Crippen molar-refractivity contribution < 1.29 is 4.79 Å². The van der Waals surface area contributed by atoms with Crippen LogP contribution < -0.4 is 5.32 Å². The molecule has 54 valence electrons. The summed E-state index contributed by atoms with van der Waals surface area (Å²) >= 11 is 0. The minimum absolute atomic E-state index is 0.0837. The molecule has 0 aromatic rings. The number of hydrogen-bond donors (Lipinski definition) is 1. The Balaban J connectivity index is 2.38. The van der Waals surface area contributed by atoms with E-state index in [0.717, 1.165) is 0 Å². The molecule has 10 heavy (non-hydrogen) atoms. The van der Waals surface area contributed by atoms with E-state index < -0.39 is 0 Å². The molecule has 0 atom stereocenters. The first-order chi connectivity index (χ1) is 4.83. The average Bonchev–Trinajstić information content (AvgIpc) is 2.40. The summed E-state index contributed by atoms with van der Waals surface area (Å²) in [6, 6.07) is 0. The predicted molar refractivity (Wildman–Crippen MR) is 35.8 cm³/mol. The van der Waals surface area contributed by atoms with Crippen LogP contribution in [0.3, 0.4) is 0 Å². The van der Waals surface area contributed by atoms with Crippen LogP contribution in [0.2, 0.25) is 0 Å². The third kappa shape index (κ3) is 1.61. The molecular formula is C5H8N4O. The second-order valence-corrected chi connectivity index (χ2v) is 1.81. The zero-order valence-corrected chi connectivity index (χ0v) is 5.66. The van der Waals surface area contributed by atoms with Gasteiger partial charge in [-0.1, -0.05) is 0 Å². The lowest BCUT2D eigenvalue weighted by Gasteiger charge is -1.93. The Hall–Kier alpha value is -1.26. The number of rotatable bonds is 2. The van der Waals surface area contributed by atoms with Crippen molar-refractivity contribution in [1.82, 2.24) is 5.32 Å². The smallest absolute Gasteiger partial charge is 0.227 e. The third-order valence-corrected chi connectivity index (χ3v) is 1.10. The molecule has 5 heteroatoms. The molecule has 0 fully saturated rings. The van der Waals surface area contributed by atoms with Gasteiger partial charge in [-0.2, -0.15) is 5.11 Å². The van der Waals surface area contributed by atoms with Crippen molar-refractivity contribution in [2.24, 2.45) is 15.2 Å². The number of nitrogens with one attached hydrogen (secondary N) is 1. The molecule has 5 nitrogen and oxygen atoms in total. The molecule has 0 aliphatic carbocycles. The SMILES string of the molecule is CNC(=O)CC1=NCN=N1. The largest absolute Gasteiger partial charge is 0.359 e. The Kier molecular flexibility index (Phi) is 2.09. The zero-order valence-electron chi connectivity index (χ0n) is 5.66. The van der Waals surface area contributed by atoms with Crippen LogP contribution >= 0.6 is 0 Å². The lowest BCUT2D eigenvalue weighted by molar-refractivity contribution is -0.119. The highest BCUT2D eigenvalue weighted by atomic mass is 16.1. The van der Waals surface area contributed by atoms with Crippen LogP contribution in [0.15, 0.2) is 15.2 Å². The van der Waals surface area contributed by atoms with Gasteiger partial charge in [-0.25, -0.2) is 4.99 Å². The normalized spacial score (nSPS) is 15.1. The van der Waals surface area contributed by atoms with Gasteiger partial charge >= 0.3 is 0 Å². The number of azo groups is 1. The molecule has 1 rings (SSSR count). The van der Waals surface area contributed by atoms with Crippen molar-refractivity contribution >= 4 is 11.7 Å². The fourth-order valence-corrected chi connectivity index (χ4v) is 0.581. The van der Waals surface area contributed by atoms with E-state index in [-0.39, 0.29) is 12.3 Å². The van der Waals surface area contributed by atoms with E-state index in [1.165, 1.54) is 0 Å². The second-order valence-electron chi connectivity index (χ2n) is 1.81. The summed E-state index contributed by atoms with van der Waals surface area (Å²) in [7, 11) is 1.58. The van der Waals surface area contributed by atoms with Gasteiger partial charge in [0.2, 0.25) is 5.91 Å². The van der Waals surface area contributed by atoms with Crippen molar-refractivity contribution in [2.75, 3.05) is 13.7 Å². The predicted octanol–water partition coefficient (Wildman–Crippen LogP) is -0.0557. The van der Waals surface area contributed by atoms with Crippen molar-refractivity contribution in [1.29, 1.82) is 0 Å². The van der Waals surface area contributed by atoms with Crippen LogP contribution in [0, 0.1) is 0 Å². The quantitative estimate of drug-likeness (QED) is 0.573. The molecule has 0 saturated carbocycles. The molecule has 0 bridgehead atoms. The summed E-state index contributed by atoms with van der Waals surface area (Å²) in [5, 5.41) is 9.70. The van der Waals surface area contributed by atoms with E-state index in [9.17, 15) is 4.79 Å². The third-order valence-electron chi connectivity index (χ3n) is 1.10. The number of carbonyl (C=O) groups excluding carboxylic acids is 1. The summed E-state index contributed by atoms with van der Waals surface area (Å²) in [6.45, 7) is 0.367.